The zero-order valence-corrected chi connectivity index (χ0v) is 13.3. The van der Waals surface area contributed by atoms with Gasteiger partial charge < -0.3 is 5.32 Å². The van der Waals surface area contributed by atoms with Gasteiger partial charge in [0.25, 0.3) is 0 Å². The van der Waals surface area contributed by atoms with Crippen LogP contribution in [0.2, 0.25) is 0 Å². The lowest BCUT2D eigenvalue weighted by atomic mass is 10.2. The topological polar surface area (TPSA) is 58.2 Å². The van der Waals surface area contributed by atoms with E-state index in [2.05, 4.69) is 10.0 Å². The Labute approximate surface area is 120 Å². The van der Waals surface area contributed by atoms with Gasteiger partial charge in [0.2, 0.25) is 10.0 Å². The SMILES string of the molecule is CCNCc1ccccc1S(=O)(=O)NCC(C)SC. The third-order valence-electron chi connectivity index (χ3n) is 2.79. The normalized spacial score (nSPS) is 13.4. The Morgan fingerprint density at radius 1 is 1.32 bits per heavy atom. The van der Waals surface area contributed by atoms with E-state index in [0.29, 0.717) is 18.0 Å². The number of rotatable bonds is 8. The van der Waals surface area contributed by atoms with Gasteiger partial charge in [-0.05, 0) is 24.4 Å². The number of benzene rings is 1. The third kappa shape index (κ3) is 5.14. The molecule has 2 N–H and O–H groups in total. The van der Waals surface area contributed by atoms with Crippen LogP contribution in [0, 0.1) is 0 Å². The van der Waals surface area contributed by atoms with Crippen LogP contribution in [0.15, 0.2) is 29.2 Å². The maximum Gasteiger partial charge on any atom is 0.240 e. The number of thioether (sulfide) groups is 1. The van der Waals surface area contributed by atoms with Crippen molar-refractivity contribution in [2.24, 2.45) is 0 Å². The molecule has 1 atom stereocenters. The third-order valence-corrected chi connectivity index (χ3v) is 5.29. The van der Waals surface area contributed by atoms with Crippen LogP contribution in [-0.4, -0.2) is 33.0 Å². The molecule has 0 bridgehead atoms. The molecule has 0 fully saturated rings. The predicted molar refractivity (Wildman–Crippen MR) is 82.0 cm³/mol. The molecule has 108 valence electrons. The van der Waals surface area contributed by atoms with E-state index in [0.717, 1.165) is 12.1 Å². The molecule has 1 unspecified atom stereocenters. The van der Waals surface area contributed by atoms with Crippen molar-refractivity contribution >= 4 is 21.8 Å². The lowest BCUT2D eigenvalue weighted by Gasteiger charge is -2.13. The van der Waals surface area contributed by atoms with Crippen molar-refractivity contribution in [2.45, 2.75) is 30.5 Å². The van der Waals surface area contributed by atoms with E-state index >= 15 is 0 Å². The fraction of sp³-hybridized carbons (Fsp3) is 0.538. The van der Waals surface area contributed by atoms with Crippen LogP contribution in [-0.2, 0) is 16.6 Å². The Hall–Kier alpha value is -0.560. The molecule has 4 nitrogen and oxygen atoms in total. The van der Waals surface area contributed by atoms with Crippen molar-refractivity contribution in [2.75, 3.05) is 19.3 Å². The molecule has 0 saturated heterocycles. The highest BCUT2D eigenvalue weighted by atomic mass is 32.2. The molecule has 0 radical (unpaired) electrons. The van der Waals surface area contributed by atoms with E-state index < -0.39 is 10.0 Å². The standard InChI is InChI=1S/C13H22N2O2S2/c1-4-14-10-12-7-5-6-8-13(12)19(16,17)15-9-11(2)18-3/h5-8,11,14-15H,4,9-10H2,1-3H3. The molecule has 6 heteroatoms. The van der Waals surface area contributed by atoms with Gasteiger partial charge in [-0.3, -0.25) is 0 Å². The van der Waals surface area contributed by atoms with E-state index in [1.165, 1.54) is 0 Å². The van der Waals surface area contributed by atoms with Gasteiger partial charge in [0.15, 0.2) is 0 Å². The van der Waals surface area contributed by atoms with Gasteiger partial charge in [0.1, 0.15) is 0 Å². The molecular weight excluding hydrogens is 280 g/mol. The van der Waals surface area contributed by atoms with Gasteiger partial charge >= 0.3 is 0 Å². The first-order valence-corrected chi connectivity index (χ1v) is 9.09. The molecule has 0 aliphatic rings. The number of nitrogens with one attached hydrogen (secondary N) is 2. The van der Waals surface area contributed by atoms with E-state index in [-0.39, 0.29) is 5.25 Å². The minimum absolute atomic E-state index is 0.260. The second kappa shape index (κ2) is 7.89. The largest absolute Gasteiger partial charge is 0.313 e. The first-order chi connectivity index (χ1) is 9.01. The summed E-state index contributed by atoms with van der Waals surface area (Å²) in [7, 11) is -3.43. The molecule has 1 rings (SSSR count). The van der Waals surface area contributed by atoms with Crippen molar-refractivity contribution in [1.29, 1.82) is 0 Å². The minimum atomic E-state index is -3.43. The molecule has 0 amide bonds. The van der Waals surface area contributed by atoms with Gasteiger partial charge in [-0.15, -0.1) is 0 Å². The van der Waals surface area contributed by atoms with Crippen LogP contribution in [0.1, 0.15) is 19.4 Å². The summed E-state index contributed by atoms with van der Waals surface area (Å²) in [5.74, 6) is 0. The average molecular weight is 302 g/mol. The molecule has 1 aromatic carbocycles. The molecule has 0 aliphatic heterocycles. The number of hydrogen-bond acceptors (Lipinski definition) is 4. The summed E-state index contributed by atoms with van der Waals surface area (Å²) in [5, 5.41) is 3.42. The zero-order chi connectivity index (χ0) is 14.3. The fourth-order valence-corrected chi connectivity index (χ4v) is 3.28. The van der Waals surface area contributed by atoms with Gasteiger partial charge in [-0.25, -0.2) is 13.1 Å². The lowest BCUT2D eigenvalue weighted by Crippen LogP contribution is -2.30. The van der Waals surface area contributed by atoms with Gasteiger partial charge in [0, 0.05) is 18.3 Å². The second-order valence-electron chi connectivity index (χ2n) is 4.29. The van der Waals surface area contributed by atoms with Crippen LogP contribution in [0.25, 0.3) is 0 Å². The van der Waals surface area contributed by atoms with Gasteiger partial charge in [-0.2, -0.15) is 11.8 Å². The Kier molecular flexibility index (Phi) is 6.85. The average Bonchev–Trinajstić information content (AvgIpc) is 2.42. The monoisotopic (exact) mass is 302 g/mol. The Balaban J connectivity index is 2.88. The number of hydrogen-bond donors (Lipinski definition) is 2. The zero-order valence-electron chi connectivity index (χ0n) is 11.6. The van der Waals surface area contributed by atoms with Crippen molar-refractivity contribution in [3.63, 3.8) is 0 Å². The molecular formula is C13H22N2O2S2. The smallest absolute Gasteiger partial charge is 0.240 e. The van der Waals surface area contributed by atoms with Crippen LogP contribution >= 0.6 is 11.8 Å². The second-order valence-corrected chi connectivity index (χ2v) is 7.30. The van der Waals surface area contributed by atoms with Gasteiger partial charge in [0.05, 0.1) is 4.90 Å². The summed E-state index contributed by atoms with van der Waals surface area (Å²) in [4.78, 5) is 0.365. The maximum absolute atomic E-state index is 12.3. The summed E-state index contributed by atoms with van der Waals surface area (Å²) in [6.07, 6.45) is 1.97. The van der Waals surface area contributed by atoms with Gasteiger partial charge in [-0.1, -0.05) is 32.0 Å². The number of sulfonamides is 1. The Bertz CT molecular complexity index is 489. The molecule has 1 aromatic rings. The van der Waals surface area contributed by atoms with E-state index in [1.807, 2.05) is 32.2 Å². The summed E-state index contributed by atoms with van der Waals surface area (Å²) in [6.45, 7) is 5.81. The molecule has 0 heterocycles. The van der Waals surface area contributed by atoms with Crippen LogP contribution in [0.4, 0.5) is 0 Å². The maximum atomic E-state index is 12.3. The Morgan fingerprint density at radius 2 is 2.00 bits per heavy atom. The van der Waals surface area contributed by atoms with Crippen molar-refractivity contribution in [1.82, 2.24) is 10.0 Å². The molecule has 0 spiro atoms. The molecule has 0 aromatic heterocycles. The van der Waals surface area contributed by atoms with E-state index in [1.54, 1.807) is 23.9 Å². The van der Waals surface area contributed by atoms with Crippen molar-refractivity contribution in [3.05, 3.63) is 29.8 Å². The quantitative estimate of drug-likeness (QED) is 0.769. The van der Waals surface area contributed by atoms with Crippen molar-refractivity contribution in [3.8, 4) is 0 Å². The predicted octanol–water partition coefficient (Wildman–Crippen LogP) is 1.83. The molecule has 0 aliphatic carbocycles. The van der Waals surface area contributed by atoms with Crippen molar-refractivity contribution < 1.29 is 8.42 Å². The molecule has 0 saturated carbocycles. The van der Waals surface area contributed by atoms with E-state index in [4.69, 9.17) is 0 Å². The van der Waals surface area contributed by atoms with Crippen LogP contribution in [0.5, 0.6) is 0 Å². The summed E-state index contributed by atoms with van der Waals surface area (Å²) < 4.78 is 27.2. The highest BCUT2D eigenvalue weighted by Gasteiger charge is 2.18. The first kappa shape index (κ1) is 16.5. The minimum Gasteiger partial charge on any atom is -0.313 e. The van der Waals surface area contributed by atoms with Crippen LogP contribution in [0.3, 0.4) is 0 Å². The fourth-order valence-electron chi connectivity index (χ4n) is 1.56. The lowest BCUT2D eigenvalue weighted by molar-refractivity contribution is 0.579. The summed E-state index contributed by atoms with van der Waals surface area (Å²) in [6, 6.07) is 7.10. The highest BCUT2D eigenvalue weighted by molar-refractivity contribution is 7.99. The van der Waals surface area contributed by atoms with Crippen LogP contribution < -0.4 is 10.0 Å². The van der Waals surface area contributed by atoms with E-state index in [9.17, 15) is 8.42 Å². The highest BCUT2D eigenvalue weighted by Crippen LogP contribution is 2.15. The molecule has 19 heavy (non-hydrogen) atoms. The first-order valence-electron chi connectivity index (χ1n) is 6.32. The summed E-state index contributed by atoms with van der Waals surface area (Å²) >= 11 is 1.64. The summed E-state index contributed by atoms with van der Waals surface area (Å²) in [5.41, 5.74) is 0.800. The Morgan fingerprint density at radius 3 is 2.63 bits per heavy atom.